The monoisotopic (exact) mass is 539 g/mol. The van der Waals surface area contributed by atoms with Crippen molar-refractivity contribution in [3.8, 4) is 5.75 Å². The second-order valence-corrected chi connectivity index (χ2v) is 11.9. The predicted molar refractivity (Wildman–Crippen MR) is 147 cm³/mol. The van der Waals surface area contributed by atoms with E-state index in [1.165, 1.54) is 38.3 Å². The van der Waals surface area contributed by atoms with Gasteiger partial charge in [-0.1, -0.05) is 51.1 Å². The van der Waals surface area contributed by atoms with E-state index in [4.69, 9.17) is 4.74 Å². The number of amides is 1. The first-order valence-corrected chi connectivity index (χ1v) is 13.5. The summed E-state index contributed by atoms with van der Waals surface area (Å²) in [6, 6.07) is 17.4. The summed E-state index contributed by atoms with van der Waals surface area (Å²) in [4.78, 5) is 23.6. The van der Waals surface area contributed by atoms with Gasteiger partial charge < -0.3 is 10.1 Å². The summed E-state index contributed by atoms with van der Waals surface area (Å²) in [6.45, 7) is 9.16. The number of carbonyl (C=O) groups excluding carboxylic acids is 1. The number of nitrogens with zero attached hydrogens (tertiary/aromatic N) is 2. The van der Waals surface area contributed by atoms with E-state index in [1.807, 2.05) is 31.2 Å². The van der Waals surface area contributed by atoms with E-state index in [0.29, 0.717) is 11.3 Å². The largest absolute Gasteiger partial charge is 0.497 e. The lowest BCUT2D eigenvalue weighted by molar-refractivity contribution is -0.385. The van der Waals surface area contributed by atoms with Gasteiger partial charge in [0.05, 0.1) is 28.7 Å². The number of hydrogen-bond acceptors (Lipinski definition) is 6. The van der Waals surface area contributed by atoms with Gasteiger partial charge in [0.25, 0.3) is 15.7 Å². The number of rotatable bonds is 9. The topological polar surface area (TPSA) is 119 Å². The van der Waals surface area contributed by atoms with Crippen LogP contribution < -0.4 is 14.4 Å². The first kappa shape index (κ1) is 28.6. The normalized spacial score (nSPS) is 12.5. The lowest BCUT2D eigenvalue weighted by Crippen LogP contribution is -2.41. The van der Waals surface area contributed by atoms with Gasteiger partial charge in [-0.3, -0.25) is 19.2 Å². The quantitative estimate of drug-likeness (QED) is 0.292. The van der Waals surface area contributed by atoms with E-state index in [0.717, 1.165) is 21.5 Å². The number of methoxy groups -OCH3 is 1. The van der Waals surface area contributed by atoms with E-state index < -0.39 is 27.4 Å². The standard InChI is InChI=1S/C28H33N3O6S/c1-19-7-16-25(17-26(19)31(33)34)38(35,36)30(23-12-14-24(37-6)15-13-23)18-27(32)29-20(2)21-8-10-22(11-9-21)28(3,4)5/h7-17,20H,18H2,1-6H3,(H,29,32)/t20-/m1/s1. The fraction of sp³-hybridized carbons (Fsp3) is 0.321. The molecule has 9 nitrogen and oxygen atoms in total. The average Bonchev–Trinajstić information content (AvgIpc) is 2.86. The number of sulfonamides is 1. The Kier molecular flexibility index (Phi) is 8.46. The second-order valence-electron chi connectivity index (χ2n) is 10.1. The number of nitrogens with one attached hydrogen (secondary N) is 1. The molecule has 0 aliphatic rings. The van der Waals surface area contributed by atoms with Crippen LogP contribution >= 0.6 is 0 Å². The highest BCUT2D eigenvalue weighted by atomic mass is 32.2. The highest BCUT2D eigenvalue weighted by Crippen LogP contribution is 2.29. The van der Waals surface area contributed by atoms with E-state index >= 15 is 0 Å². The molecular weight excluding hydrogens is 506 g/mol. The van der Waals surface area contributed by atoms with Crippen LogP contribution in [-0.4, -0.2) is 32.9 Å². The van der Waals surface area contributed by atoms with Crippen molar-refractivity contribution in [3.05, 3.63) is 93.5 Å². The lowest BCUT2D eigenvalue weighted by atomic mass is 9.86. The first-order valence-electron chi connectivity index (χ1n) is 12.1. The van der Waals surface area contributed by atoms with Crippen molar-refractivity contribution >= 4 is 27.3 Å². The van der Waals surface area contributed by atoms with Gasteiger partial charge in [-0.05, 0) is 60.7 Å². The summed E-state index contributed by atoms with van der Waals surface area (Å²) >= 11 is 0. The third-order valence-electron chi connectivity index (χ3n) is 6.27. The number of ether oxygens (including phenoxy) is 1. The highest BCUT2D eigenvalue weighted by molar-refractivity contribution is 7.92. The molecule has 0 unspecified atom stereocenters. The molecule has 202 valence electrons. The van der Waals surface area contributed by atoms with Gasteiger partial charge in [-0.15, -0.1) is 0 Å². The minimum absolute atomic E-state index is 0.0106. The molecule has 3 aromatic rings. The molecule has 0 fully saturated rings. The van der Waals surface area contributed by atoms with Crippen molar-refractivity contribution in [2.45, 2.75) is 51.0 Å². The molecule has 0 saturated carbocycles. The van der Waals surface area contributed by atoms with Crippen LogP contribution in [0.25, 0.3) is 0 Å². The van der Waals surface area contributed by atoms with Gasteiger partial charge in [-0.2, -0.15) is 0 Å². The number of nitro groups is 1. The molecule has 3 rings (SSSR count). The van der Waals surface area contributed by atoms with Gasteiger partial charge in [0.2, 0.25) is 5.91 Å². The summed E-state index contributed by atoms with van der Waals surface area (Å²) < 4.78 is 33.5. The Hall–Kier alpha value is -3.92. The summed E-state index contributed by atoms with van der Waals surface area (Å²) in [6.07, 6.45) is 0. The Labute approximate surface area is 223 Å². The summed E-state index contributed by atoms with van der Waals surface area (Å²) in [5.41, 5.74) is 2.24. The zero-order valence-electron chi connectivity index (χ0n) is 22.4. The third-order valence-corrected chi connectivity index (χ3v) is 8.04. The lowest BCUT2D eigenvalue weighted by Gasteiger charge is -2.25. The van der Waals surface area contributed by atoms with Gasteiger partial charge in [-0.25, -0.2) is 8.42 Å². The van der Waals surface area contributed by atoms with Gasteiger partial charge in [0.1, 0.15) is 12.3 Å². The molecule has 38 heavy (non-hydrogen) atoms. The molecule has 0 heterocycles. The minimum atomic E-state index is -4.34. The Morgan fingerprint density at radius 3 is 2.18 bits per heavy atom. The van der Waals surface area contributed by atoms with Crippen LogP contribution in [0.5, 0.6) is 5.75 Å². The molecule has 3 aromatic carbocycles. The zero-order chi connectivity index (χ0) is 28.3. The molecule has 0 aromatic heterocycles. The van der Waals surface area contributed by atoms with Crippen LogP contribution in [0.2, 0.25) is 0 Å². The Morgan fingerprint density at radius 2 is 1.66 bits per heavy atom. The number of carbonyl (C=O) groups is 1. The van der Waals surface area contributed by atoms with Crippen molar-refractivity contribution in [2.75, 3.05) is 18.0 Å². The zero-order valence-corrected chi connectivity index (χ0v) is 23.2. The number of anilines is 1. The molecular formula is C28H33N3O6S. The second kappa shape index (κ2) is 11.2. The number of benzene rings is 3. The van der Waals surface area contributed by atoms with Crippen LogP contribution in [0.15, 0.2) is 71.6 Å². The highest BCUT2D eigenvalue weighted by Gasteiger charge is 2.30. The molecule has 0 aliphatic heterocycles. The summed E-state index contributed by atoms with van der Waals surface area (Å²) in [5.74, 6) is -0.0211. The molecule has 0 aliphatic carbocycles. The maximum atomic E-state index is 13.7. The Morgan fingerprint density at radius 1 is 1.05 bits per heavy atom. The van der Waals surface area contributed by atoms with Crippen molar-refractivity contribution in [1.82, 2.24) is 5.32 Å². The third kappa shape index (κ3) is 6.49. The maximum absolute atomic E-state index is 13.7. The van der Waals surface area contributed by atoms with E-state index in [9.17, 15) is 23.3 Å². The SMILES string of the molecule is COc1ccc(N(CC(=O)N[C@H](C)c2ccc(C(C)(C)C)cc2)S(=O)(=O)c2ccc(C)c([N+](=O)[O-])c2)cc1. The predicted octanol–water partition coefficient (Wildman–Crippen LogP) is 5.28. The number of nitro benzene ring substituents is 1. The summed E-state index contributed by atoms with van der Waals surface area (Å²) in [7, 11) is -2.85. The first-order chi connectivity index (χ1) is 17.7. The van der Waals surface area contributed by atoms with Crippen LogP contribution in [-0.2, 0) is 20.2 Å². The van der Waals surface area contributed by atoms with Crippen LogP contribution in [0.1, 0.15) is 50.4 Å². The molecule has 1 amide bonds. The fourth-order valence-corrected chi connectivity index (χ4v) is 5.35. The van der Waals surface area contributed by atoms with E-state index in [2.05, 4.69) is 26.1 Å². The maximum Gasteiger partial charge on any atom is 0.273 e. The van der Waals surface area contributed by atoms with E-state index in [1.54, 1.807) is 12.1 Å². The van der Waals surface area contributed by atoms with Gasteiger partial charge >= 0.3 is 0 Å². The Balaban J connectivity index is 1.92. The molecule has 10 heteroatoms. The molecule has 0 spiro atoms. The Bertz CT molecular complexity index is 1410. The van der Waals surface area contributed by atoms with Crippen molar-refractivity contribution in [1.29, 1.82) is 0 Å². The number of hydrogen-bond donors (Lipinski definition) is 1. The van der Waals surface area contributed by atoms with Crippen molar-refractivity contribution in [3.63, 3.8) is 0 Å². The molecule has 1 N–H and O–H groups in total. The molecule has 0 saturated heterocycles. The molecule has 0 bridgehead atoms. The van der Waals surface area contributed by atoms with Gasteiger partial charge in [0, 0.05) is 11.6 Å². The average molecular weight is 540 g/mol. The molecule has 0 radical (unpaired) electrons. The number of aryl methyl sites for hydroxylation is 1. The van der Waals surface area contributed by atoms with Crippen LogP contribution in [0.4, 0.5) is 11.4 Å². The van der Waals surface area contributed by atoms with E-state index in [-0.39, 0.29) is 27.7 Å². The smallest absolute Gasteiger partial charge is 0.273 e. The van der Waals surface area contributed by atoms with Crippen molar-refractivity contribution in [2.24, 2.45) is 0 Å². The van der Waals surface area contributed by atoms with Gasteiger partial charge in [0.15, 0.2) is 0 Å². The minimum Gasteiger partial charge on any atom is -0.497 e. The molecule has 1 atom stereocenters. The van der Waals surface area contributed by atoms with Crippen LogP contribution in [0, 0.1) is 17.0 Å². The van der Waals surface area contributed by atoms with Crippen molar-refractivity contribution < 1.29 is 22.9 Å². The summed E-state index contributed by atoms with van der Waals surface area (Å²) in [5, 5.41) is 14.3. The van der Waals surface area contributed by atoms with Crippen LogP contribution in [0.3, 0.4) is 0 Å². The fourth-order valence-electron chi connectivity index (χ4n) is 3.91.